The fraction of sp³-hybridized carbons (Fsp3) is 0.0714. The number of aryl methyl sites for hydroxylation is 1. The molecule has 0 saturated heterocycles. The molecule has 0 heterocycles. The third-order valence-electron chi connectivity index (χ3n) is 2.72. The van der Waals surface area contributed by atoms with E-state index in [0.29, 0.717) is 16.8 Å². The van der Waals surface area contributed by atoms with Gasteiger partial charge < -0.3 is 11.1 Å². The Balaban J connectivity index is 2.31. The molecule has 2 rings (SSSR count). The first kappa shape index (κ1) is 13.4. The molecule has 2 nitrogen and oxygen atoms in total. The van der Waals surface area contributed by atoms with Gasteiger partial charge in [0.25, 0.3) is 0 Å². The number of nitrogens with two attached hydrogens (primary N) is 1. The van der Waals surface area contributed by atoms with Gasteiger partial charge in [0, 0.05) is 11.3 Å². The zero-order valence-corrected chi connectivity index (χ0v) is 11.0. The third-order valence-corrected chi connectivity index (χ3v) is 2.96. The van der Waals surface area contributed by atoms with Crippen molar-refractivity contribution in [2.24, 2.45) is 5.73 Å². The molecule has 0 bridgehead atoms. The Bertz CT molecular complexity index is 624. The van der Waals surface area contributed by atoms with E-state index in [1.165, 1.54) is 12.1 Å². The Kier molecular flexibility index (Phi) is 3.76. The van der Waals surface area contributed by atoms with E-state index in [1.54, 1.807) is 31.2 Å². The second kappa shape index (κ2) is 5.32. The van der Waals surface area contributed by atoms with Gasteiger partial charge in [0.2, 0.25) is 0 Å². The normalized spacial score (nSPS) is 10.3. The smallest absolute Gasteiger partial charge is 0.152 e. The summed E-state index contributed by atoms with van der Waals surface area (Å²) in [5.74, 6) is -1.24. The van der Waals surface area contributed by atoms with E-state index in [-0.39, 0.29) is 10.7 Å². The summed E-state index contributed by atoms with van der Waals surface area (Å²) in [7, 11) is 0. The molecule has 98 valence electrons. The average molecular weight is 278 g/mol. The Hall–Kier alpha value is -2.01. The first-order valence-electron chi connectivity index (χ1n) is 5.60. The van der Waals surface area contributed by atoms with Gasteiger partial charge in [0.15, 0.2) is 5.82 Å². The Morgan fingerprint density at radius 3 is 2.32 bits per heavy atom. The van der Waals surface area contributed by atoms with Crippen LogP contribution in [0.15, 0.2) is 36.4 Å². The maximum absolute atomic E-state index is 13.8. The van der Waals surface area contributed by atoms with E-state index in [4.69, 9.17) is 18.0 Å². The molecule has 0 radical (unpaired) electrons. The van der Waals surface area contributed by atoms with Crippen LogP contribution in [0.25, 0.3) is 0 Å². The summed E-state index contributed by atoms with van der Waals surface area (Å²) in [6.45, 7) is 1.58. The standard InChI is InChI=1S/C14H12F2N2S/c1-8-2-7-11(15)13(12(8)16)18-10-5-3-9(4-6-10)14(17)19/h2-7,18H,1H3,(H2,17,19). The lowest BCUT2D eigenvalue weighted by molar-refractivity contribution is 0.585. The SMILES string of the molecule is Cc1ccc(F)c(Nc2ccc(C(N)=S)cc2)c1F. The van der Waals surface area contributed by atoms with Crippen molar-refractivity contribution in [3.8, 4) is 0 Å². The largest absolute Gasteiger partial charge is 0.389 e. The number of hydrogen-bond acceptors (Lipinski definition) is 2. The van der Waals surface area contributed by atoms with Gasteiger partial charge in [0.05, 0.1) is 0 Å². The number of rotatable bonds is 3. The Morgan fingerprint density at radius 1 is 1.11 bits per heavy atom. The number of halogens is 2. The van der Waals surface area contributed by atoms with E-state index in [0.717, 1.165) is 0 Å². The number of hydrogen-bond donors (Lipinski definition) is 2. The maximum atomic E-state index is 13.8. The van der Waals surface area contributed by atoms with Gasteiger partial charge in [-0.15, -0.1) is 0 Å². The van der Waals surface area contributed by atoms with Crippen LogP contribution in [0.2, 0.25) is 0 Å². The zero-order chi connectivity index (χ0) is 14.0. The number of thiocarbonyl (C=S) groups is 1. The van der Waals surface area contributed by atoms with E-state index in [9.17, 15) is 8.78 Å². The van der Waals surface area contributed by atoms with Crippen molar-refractivity contribution in [1.82, 2.24) is 0 Å². The van der Waals surface area contributed by atoms with Crippen molar-refractivity contribution >= 4 is 28.6 Å². The van der Waals surface area contributed by atoms with Crippen molar-refractivity contribution in [1.29, 1.82) is 0 Å². The molecule has 0 aliphatic heterocycles. The van der Waals surface area contributed by atoms with E-state index < -0.39 is 11.6 Å². The van der Waals surface area contributed by atoms with E-state index in [2.05, 4.69) is 5.32 Å². The highest BCUT2D eigenvalue weighted by Crippen LogP contribution is 2.25. The van der Waals surface area contributed by atoms with Crippen molar-refractivity contribution < 1.29 is 8.78 Å². The molecular formula is C14H12F2N2S. The van der Waals surface area contributed by atoms with Crippen molar-refractivity contribution in [2.45, 2.75) is 6.92 Å². The molecule has 0 aliphatic rings. The quantitative estimate of drug-likeness (QED) is 0.842. The number of nitrogens with one attached hydrogen (secondary N) is 1. The fourth-order valence-electron chi connectivity index (χ4n) is 1.63. The predicted octanol–water partition coefficient (Wildman–Crippen LogP) is 3.65. The highest BCUT2D eigenvalue weighted by atomic mass is 32.1. The topological polar surface area (TPSA) is 38.0 Å². The second-order valence-electron chi connectivity index (χ2n) is 4.12. The molecule has 0 unspecified atom stereocenters. The van der Waals surface area contributed by atoms with Crippen LogP contribution in [-0.4, -0.2) is 4.99 Å². The van der Waals surface area contributed by atoms with E-state index >= 15 is 0 Å². The van der Waals surface area contributed by atoms with Gasteiger partial charge in [-0.1, -0.05) is 18.3 Å². The van der Waals surface area contributed by atoms with Crippen LogP contribution in [-0.2, 0) is 0 Å². The molecule has 2 aromatic carbocycles. The van der Waals surface area contributed by atoms with Crippen LogP contribution in [0.4, 0.5) is 20.2 Å². The van der Waals surface area contributed by atoms with Gasteiger partial charge >= 0.3 is 0 Å². The molecule has 2 aromatic rings. The lowest BCUT2D eigenvalue weighted by atomic mass is 10.1. The minimum absolute atomic E-state index is 0.164. The first-order valence-corrected chi connectivity index (χ1v) is 6.01. The average Bonchev–Trinajstić information content (AvgIpc) is 2.40. The summed E-state index contributed by atoms with van der Waals surface area (Å²) in [5.41, 5.74) is 6.95. The predicted molar refractivity (Wildman–Crippen MR) is 76.7 cm³/mol. The molecule has 0 fully saturated rings. The van der Waals surface area contributed by atoms with Crippen LogP contribution in [0.5, 0.6) is 0 Å². The molecular weight excluding hydrogens is 266 g/mol. The van der Waals surface area contributed by atoms with Gasteiger partial charge in [-0.3, -0.25) is 0 Å². The minimum atomic E-state index is -0.637. The second-order valence-corrected chi connectivity index (χ2v) is 4.56. The highest BCUT2D eigenvalue weighted by molar-refractivity contribution is 7.80. The summed E-state index contributed by atoms with van der Waals surface area (Å²) in [5, 5.41) is 2.71. The number of benzene rings is 2. The zero-order valence-electron chi connectivity index (χ0n) is 10.2. The van der Waals surface area contributed by atoms with Gasteiger partial charge in [0.1, 0.15) is 16.5 Å². The van der Waals surface area contributed by atoms with E-state index in [1.807, 2.05) is 0 Å². The van der Waals surface area contributed by atoms with Gasteiger partial charge in [-0.05, 0) is 42.8 Å². The maximum Gasteiger partial charge on any atom is 0.152 e. The summed E-state index contributed by atoms with van der Waals surface area (Å²) in [6, 6.07) is 9.33. The Labute approximate surface area is 115 Å². The van der Waals surface area contributed by atoms with Crippen LogP contribution < -0.4 is 11.1 Å². The summed E-state index contributed by atoms with van der Waals surface area (Å²) < 4.78 is 27.4. The molecule has 0 amide bonds. The number of anilines is 2. The molecule has 0 aromatic heterocycles. The van der Waals surface area contributed by atoms with Crippen molar-refractivity contribution in [3.05, 3.63) is 59.2 Å². The van der Waals surface area contributed by atoms with Crippen molar-refractivity contribution in [2.75, 3.05) is 5.32 Å². The summed E-state index contributed by atoms with van der Waals surface area (Å²) >= 11 is 4.83. The molecule has 3 N–H and O–H groups in total. The summed E-state index contributed by atoms with van der Waals surface area (Å²) in [6.07, 6.45) is 0. The van der Waals surface area contributed by atoms with Gasteiger partial charge in [-0.2, -0.15) is 0 Å². The van der Waals surface area contributed by atoms with Crippen LogP contribution >= 0.6 is 12.2 Å². The highest BCUT2D eigenvalue weighted by Gasteiger charge is 2.11. The third kappa shape index (κ3) is 2.88. The monoisotopic (exact) mass is 278 g/mol. The fourth-order valence-corrected chi connectivity index (χ4v) is 1.77. The Morgan fingerprint density at radius 2 is 1.74 bits per heavy atom. The molecule has 0 spiro atoms. The van der Waals surface area contributed by atoms with Crippen LogP contribution in [0, 0.1) is 18.6 Å². The molecule has 5 heteroatoms. The van der Waals surface area contributed by atoms with Crippen LogP contribution in [0.3, 0.4) is 0 Å². The molecule has 0 aliphatic carbocycles. The van der Waals surface area contributed by atoms with Crippen molar-refractivity contribution in [3.63, 3.8) is 0 Å². The lowest BCUT2D eigenvalue weighted by Crippen LogP contribution is -2.09. The first-order chi connectivity index (χ1) is 8.99. The van der Waals surface area contributed by atoms with Crippen LogP contribution in [0.1, 0.15) is 11.1 Å². The minimum Gasteiger partial charge on any atom is -0.389 e. The van der Waals surface area contributed by atoms with Gasteiger partial charge in [-0.25, -0.2) is 8.78 Å². The summed E-state index contributed by atoms with van der Waals surface area (Å²) in [4.78, 5) is 0.277. The molecule has 0 atom stereocenters. The molecule has 19 heavy (non-hydrogen) atoms. The molecule has 0 saturated carbocycles. The lowest BCUT2D eigenvalue weighted by Gasteiger charge is -2.10.